The molecular weight excluding hydrogens is 430 g/mol. The van der Waals surface area contributed by atoms with Crippen molar-refractivity contribution in [2.45, 2.75) is 46.5 Å². The minimum Gasteiger partial charge on any atom is -0.318 e. The first kappa shape index (κ1) is 23.2. The molecular formula is C27H27N3O4. The molecule has 0 atom stereocenters. The van der Waals surface area contributed by atoms with Crippen LogP contribution in [0, 0.1) is 17.0 Å². The average Bonchev–Trinajstić information content (AvgIpc) is 3.15. The highest BCUT2D eigenvalue weighted by molar-refractivity contribution is 6.11. The quantitative estimate of drug-likeness (QED) is 0.0952. The Bertz CT molecular complexity index is 1420. The van der Waals surface area contributed by atoms with Gasteiger partial charge in [0.25, 0.3) is 5.69 Å². The van der Waals surface area contributed by atoms with Crippen LogP contribution < -0.4 is 0 Å². The molecule has 0 fully saturated rings. The molecule has 34 heavy (non-hydrogen) atoms. The highest BCUT2D eigenvalue weighted by Crippen LogP contribution is 2.35. The van der Waals surface area contributed by atoms with Crippen LogP contribution in [-0.2, 0) is 9.63 Å². The summed E-state index contributed by atoms with van der Waals surface area (Å²) in [7, 11) is 0. The highest BCUT2D eigenvalue weighted by atomic mass is 16.7. The Hall–Kier alpha value is -4.00. The van der Waals surface area contributed by atoms with E-state index < -0.39 is 5.97 Å². The van der Waals surface area contributed by atoms with Crippen molar-refractivity contribution in [3.8, 4) is 5.69 Å². The van der Waals surface area contributed by atoms with Gasteiger partial charge in [0.05, 0.1) is 27.4 Å². The second-order valence-corrected chi connectivity index (χ2v) is 8.41. The van der Waals surface area contributed by atoms with E-state index in [-0.39, 0.29) is 10.6 Å². The van der Waals surface area contributed by atoms with E-state index in [0.717, 1.165) is 57.9 Å². The van der Waals surface area contributed by atoms with Gasteiger partial charge in [-0.25, -0.2) is 4.79 Å². The van der Waals surface area contributed by atoms with Crippen LogP contribution in [0.25, 0.3) is 27.5 Å². The molecule has 0 saturated heterocycles. The number of non-ortho nitro benzene ring substituents is 1. The molecule has 3 aromatic carbocycles. The number of carbonyl (C=O) groups is 1. The summed E-state index contributed by atoms with van der Waals surface area (Å²) in [6, 6.07) is 18.9. The van der Waals surface area contributed by atoms with Gasteiger partial charge in [-0.15, -0.1) is 0 Å². The van der Waals surface area contributed by atoms with Crippen molar-refractivity contribution in [2.75, 3.05) is 0 Å². The summed E-state index contributed by atoms with van der Waals surface area (Å²) in [5.74, 6) is -0.467. The van der Waals surface area contributed by atoms with E-state index in [4.69, 9.17) is 4.84 Å². The molecule has 0 amide bonds. The van der Waals surface area contributed by atoms with Gasteiger partial charge < -0.3 is 9.40 Å². The first-order chi connectivity index (χ1) is 16.4. The van der Waals surface area contributed by atoms with Crippen molar-refractivity contribution in [3.63, 3.8) is 0 Å². The van der Waals surface area contributed by atoms with Crippen LogP contribution in [0.3, 0.4) is 0 Å². The number of nitro groups is 1. The van der Waals surface area contributed by atoms with Crippen LogP contribution in [0.5, 0.6) is 0 Å². The fourth-order valence-corrected chi connectivity index (χ4v) is 4.30. The fraction of sp³-hybridized carbons (Fsp3) is 0.259. The Morgan fingerprint density at radius 2 is 1.79 bits per heavy atom. The van der Waals surface area contributed by atoms with Crippen LogP contribution in [-0.4, -0.2) is 21.2 Å². The second-order valence-electron chi connectivity index (χ2n) is 8.41. The van der Waals surface area contributed by atoms with Gasteiger partial charge in [0.15, 0.2) is 0 Å². The molecule has 4 rings (SSSR count). The lowest BCUT2D eigenvalue weighted by atomic mass is 10.00. The molecule has 7 heteroatoms. The summed E-state index contributed by atoms with van der Waals surface area (Å²) in [5.41, 5.74) is 5.37. The summed E-state index contributed by atoms with van der Waals surface area (Å²) in [4.78, 5) is 27.7. The van der Waals surface area contributed by atoms with Gasteiger partial charge in [-0.2, -0.15) is 0 Å². The largest absolute Gasteiger partial charge is 0.331 e. The molecule has 0 aliphatic rings. The third-order valence-electron chi connectivity index (χ3n) is 5.87. The normalized spacial score (nSPS) is 11.8. The van der Waals surface area contributed by atoms with Gasteiger partial charge in [-0.1, -0.05) is 55.3 Å². The zero-order valence-corrected chi connectivity index (χ0v) is 19.6. The van der Waals surface area contributed by atoms with Gasteiger partial charge in [-0.3, -0.25) is 10.1 Å². The van der Waals surface area contributed by atoms with Crippen molar-refractivity contribution in [1.29, 1.82) is 0 Å². The van der Waals surface area contributed by atoms with E-state index in [1.165, 1.54) is 13.0 Å². The van der Waals surface area contributed by atoms with E-state index in [0.29, 0.717) is 12.1 Å². The van der Waals surface area contributed by atoms with Crippen LogP contribution in [0.4, 0.5) is 5.69 Å². The summed E-state index contributed by atoms with van der Waals surface area (Å²) in [6.45, 7) is 5.49. The van der Waals surface area contributed by atoms with Crippen molar-refractivity contribution in [3.05, 3.63) is 81.9 Å². The monoisotopic (exact) mass is 457 g/mol. The molecule has 0 spiro atoms. The highest BCUT2D eigenvalue weighted by Gasteiger charge is 2.19. The van der Waals surface area contributed by atoms with Crippen molar-refractivity contribution >= 4 is 39.2 Å². The van der Waals surface area contributed by atoms with E-state index in [1.54, 1.807) is 12.1 Å². The number of carbonyl (C=O) groups excluding carboxylic acids is 1. The number of aryl methyl sites for hydroxylation is 1. The van der Waals surface area contributed by atoms with Crippen molar-refractivity contribution < 1.29 is 14.6 Å². The molecule has 0 radical (unpaired) electrons. The average molecular weight is 458 g/mol. The molecule has 0 saturated carbocycles. The smallest absolute Gasteiger partial charge is 0.318 e. The van der Waals surface area contributed by atoms with Crippen molar-refractivity contribution in [1.82, 2.24) is 4.57 Å². The number of aromatic nitrogens is 1. The molecule has 0 unspecified atom stereocenters. The zero-order chi connectivity index (χ0) is 24.2. The molecule has 0 aliphatic carbocycles. The third kappa shape index (κ3) is 4.55. The summed E-state index contributed by atoms with van der Waals surface area (Å²) >= 11 is 0. The van der Waals surface area contributed by atoms with Gasteiger partial charge in [0, 0.05) is 35.4 Å². The molecule has 0 bridgehead atoms. The number of nitro benzene ring substituents is 1. The number of hydrogen-bond donors (Lipinski definition) is 0. The summed E-state index contributed by atoms with van der Waals surface area (Å²) in [6.07, 6.45) is 3.69. The van der Waals surface area contributed by atoms with E-state index in [9.17, 15) is 14.9 Å². The Morgan fingerprint density at radius 1 is 1.03 bits per heavy atom. The van der Waals surface area contributed by atoms with Gasteiger partial charge in [-0.05, 0) is 43.5 Å². The minimum atomic E-state index is -0.467. The number of benzene rings is 3. The standard InChI is InChI=1S/C27H27N3O4/c1-4-5-6-10-24(28-34-19(3)31)22-14-12-18(2)16-27(22)29-25-11-8-7-9-21(25)23-17-20(30(32)33)13-15-26(23)29/h7-9,11-17H,4-6,10H2,1-3H3/b28-24+. The number of nitrogens with zero attached hydrogens (tertiary/aromatic N) is 3. The molecule has 174 valence electrons. The lowest BCUT2D eigenvalue weighted by molar-refractivity contribution is -0.384. The Morgan fingerprint density at radius 3 is 2.53 bits per heavy atom. The molecule has 1 aromatic heterocycles. The van der Waals surface area contributed by atoms with Crippen LogP contribution in [0.1, 0.15) is 50.7 Å². The first-order valence-electron chi connectivity index (χ1n) is 11.4. The zero-order valence-electron chi connectivity index (χ0n) is 19.6. The molecule has 1 heterocycles. The fourth-order valence-electron chi connectivity index (χ4n) is 4.30. The van der Waals surface area contributed by atoms with Crippen LogP contribution >= 0.6 is 0 Å². The maximum absolute atomic E-state index is 11.5. The van der Waals surface area contributed by atoms with E-state index >= 15 is 0 Å². The minimum absolute atomic E-state index is 0.0524. The van der Waals surface area contributed by atoms with Crippen LogP contribution in [0.2, 0.25) is 0 Å². The number of unbranched alkanes of at least 4 members (excludes halogenated alkanes) is 2. The molecule has 7 nitrogen and oxygen atoms in total. The number of para-hydroxylation sites is 1. The third-order valence-corrected chi connectivity index (χ3v) is 5.87. The Balaban J connectivity index is 2.00. The number of rotatable bonds is 8. The van der Waals surface area contributed by atoms with Gasteiger partial charge in [0.2, 0.25) is 0 Å². The summed E-state index contributed by atoms with van der Waals surface area (Å²) in [5, 5.41) is 17.4. The summed E-state index contributed by atoms with van der Waals surface area (Å²) < 4.78 is 2.11. The van der Waals surface area contributed by atoms with Gasteiger partial charge in [0.1, 0.15) is 0 Å². The first-order valence-corrected chi connectivity index (χ1v) is 11.4. The number of fused-ring (bicyclic) bond motifs is 3. The Labute approximate surface area is 197 Å². The lowest BCUT2D eigenvalue weighted by Crippen LogP contribution is -2.10. The predicted molar refractivity (Wildman–Crippen MR) is 135 cm³/mol. The van der Waals surface area contributed by atoms with Crippen molar-refractivity contribution in [2.24, 2.45) is 5.16 Å². The van der Waals surface area contributed by atoms with Gasteiger partial charge >= 0.3 is 5.97 Å². The lowest BCUT2D eigenvalue weighted by Gasteiger charge is -2.16. The van der Waals surface area contributed by atoms with Crippen LogP contribution in [0.15, 0.2) is 65.8 Å². The number of oxime groups is 1. The molecule has 0 aliphatic heterocycles. The topological polar surface area (TPSA) is 86.7 Å². The second kappa shape index (κ2) is 9.87. The molecule has 4 aromatic rings. The molecule has 0 N–H and O–H groups in total. The number of hydrogen-bond acceptors (Lipinski definition) is 5. The SMILES string of the molecule is CCCCC/C(=N\OC(C)=O)c1ccc(C)cc1-n1c2ccccc2c2cc([N+](=O)[O-])ccc21. The van der Waals surface area contributed by atoms with E-state index in [2.05, 4.69) is 22.7 Å². The van der Waals surface area contributed by atoms with E-state index in [1.807, 2.05) is 43.3 Å². The maximum atomic E-state index is 11.5. The Kier molecular flexibility index (Phi) is 6.72. The predicted octanol–water partition coefficient (Wildman–Crippen LogP) is 6.85. The maximum Gasteiger partial charge on any atom is 0.331 e.